The van der Waals surface area contributed by atoms with Crippen molar-refractivity contribution >= 4 is 17.3 Å². The Hall–Kier alpha value is -4.00. The Morgan fingerprint density at radius 3 is 2.10 bits per heavy atom. The molecule has 144 valence electrons. The summed E-state index contributed by atoms with van der Waals surface area (Å²) in [5.41, 5.74) is 8.81. The quantitative estimate of drug-likeness (QED) is 0.541. The molecule has 0 unspecified atom stereocenters. The van der Waals surface area contributed by atoms with Gasteiger partial charge in [-0.25, -0.2) is 9.97 Å². The summed E-state index contributed by atoms with van der Waals surface area (Å²) in [5.74, 6) is 1.66. The Morgan fingerprint density at radius 2 is 1.59 bits per heavy atom. The maximum atomic E-state index is 6.00. The fourth-order valence-electron chi connectivity index (χ4n) is 3.19. The van der Waals surface area contributed by atoms with Crippen LogP contribution in [-0.4, -0.2) is 27.0 Å². The van der Waals surface area contributed by atoms with Crippen LogP contribution in [0.4, 0.5) is 17.3 Å². The second kappa shape index (κ2) is 8.35. The SMILES string of the molecule is COc1ccc(N(c2cccc(N)n2)C(c2cccnc2)c2cccnc2)cn1. The van der Waals surface area contributed by atoms with Crippen LogP contribution in [0.25, 0.3) is 0 Å². The monoisotopic (exact) mass is 384 g/mol. The van der Waals surface area contributed by atoms with Crippen LogP contribution in [0, 0.1) is 0 Å². The number of nitrogen functional groups attached to an aromatic ring is 1. The zero-order valence-corrected chi connectivity index (χ0v) is 15.9. The third-order valence-electron chi connectivity index (χ3n) is 4.47. The van der Waals surface area contributed by atoms with Crippen molar-refractivity contribution < 1.29 is 4.74 Å². The lowest BCUT2D eigenvalue weighted by Gasteiger charge is -2.33. The minimum absolute atomic E-state index is 0.234. The number of aromatic nitrogens is 4. The maximum Gasteiger partial charge on any atom is 0.213 e. The molecule has 4 rings (SSSR count). The lowest BCUT2D eigenvalue weighted by molar-refractivity contribution is 0.398. The molecule has 4 heterocycles. The molecule has 4 aromatic heterocycles. The second-order valence-corrected chi connectivity index (χ2v) is 6.32. The van der Waals surface area contributed by atoms with Crippen molar-refractivity contribution in [2.45, 2.75) is 6.04 Å². The van der Waals surface area contributed by atoms with Gasteiger partial charge in [0.25, 0.3) is 0 Å². The molecule has 0 fully saturated rings. The van der Waals surface area contributed by atoms with Gasteiger partial charge in [-0.2, -0.15) is 0 Å². The Kier molecular flexibility index (Phi) is 5.29. The van der Waals surface area contributed by atoms with Gasteiger partial charge in [0.2, 0.25) is 5.88 Å². The van der Waals surface area contributed by atoms with Crippen LogP contribution in [0.5, 0.6) is 5.88 Å². The molecule has 0 amide bonds. The summed E-state index contributed by atoms with van der Waals surface area (Å²) in [6.07, 6.45) is 8.94. The van der Waals surface area contributed by atoms with E-state index in [0.717, 1.165) is 16.8 Å². The summed E-state index contributed by atoms with van der Waals surface area (Å²) in [5, 5.41) is 0. The van der Waals surface area contributed by atoms with Gasteiger partial charge < -0.3 is 15.4 Å². The Balaban J connectivity index is 1.93. The van der Waals surface area contributed by atoms with E-state index in [2.05, 4.69) is 24.8 Å². The lowest BCUT2D eigenvalue weighted by atomic mass is 9.99. The minimum Gasteiger partial charge on any atom is -0.481 e. The van der Waals surface area contributed by atoms with Crippen LogP contribution < -0.4 is 15.4 Å². The summed E-state index contributed by atoms with van der Waals surface area (Å²) < 4.78 is 5.22. The number of pyridine rings is 4. The third-order valence-corrected chi connectivity index (χ3v) is 4.47. The molecule has 0 saturated carbocycles. The summed E-state index contributed by atoms with van der Waals surface area (Å²) >= 11 is 0. The van der Waals surface area contributed by atoms with Crippen molar-refractivity contribution in [3.8, 4) is 5.88 Å². The molecule has 0 aliphatic carbocycles. The molecule has 29 heavy (non-hydrogen) atoms. The van der Waals surface area contributed by atoms with Crippen LogP contribution >= 0.6 is 0 Å². The van der Waals surface area contributed by atoms with E-state index < -0.39 is 0 Å². The normalized spacial score (nSPS) is 10.7. The minimum atomic E-state index is -0.234. The first kappa shape index (κ1) is 18.4. The van der Waals surface area contributed by atoms with E-state index in [9.17, 15) is 0 Å². The maximum absolute atomic E-state index is 6.00. The number of methoxy groups -OCH3 is 1. The third kappa shape index (κ3) is 3.98. The average Bonchev–Trinajstić information content (AvgIpc) is 2.79. The molecule has 4 aromatic rings. The highest BCUT2D eigenvalue weighted by Crippen LogP contribution is 2.38. The number of anilines is 3. The van der Waals surface area contributed by atoms with Gasteiger partial charge in [-0.3, -0.25) is 9.97 Å². The van der Waals surface area contributed by atoms with E-state index >= 15 is 0 Å². The molecule has 0 radical (unpaired) electrons. The Bertz CT molecular complexity index is 1020. The average molecular weight is 384 g/mol. The highest BCUT2D eigenvalue weighted by molar-refractivity contribution is 5.64. The van der Waals surface area contributed by atoms with Crippen LogP contribution in [-0.2, 0) is 0 Å². The molecule has 0 aliphatic rings. The van der Waals surface area contributed by atoms with E-state index in [4.69, 9.17) is 10.5 Å². The van der Waals surface area contributed by atoms with Crippen LogP contribution in [0.15, 0.2) is 85.6 Å². The molecule has 7 nitrogen and oxygen atoms in total. The van der Waals surface area contributed by atoms with Crippen molar-refractivity contribution in [3.05, 3.63) is 96.7 Å². The fraction of sp³-hybridized carbons (Fsp3) is 0.0909. The predicted molar refractivity (Wildman–Crippen MR) is 112 cm³/mol. The smallest absolute Gasteiger partial charge is 0.213 e. The van der Waals surface area contributed by atoms with Crippen molar-refractivity contribution in [1.29, 1.82) is 0 Å². The summed E-state index contributed by atoms with van der Waals surface area (Å²) in [4.78, 5) is 19.7. The molecular weight excluding hydrogens is 364 g/mol. The molecular formula is C22H20N6O. The van der Waals surface area contributed by atoms with Crippen molar-refractivity contribution in [2.75, 3.05) is 17.7 Å². The fourth-order valence-corrected chi connectivity index (χ4v) is 3.19. The molecule has 0 bridgehead atoms. The van der Waals surface area contributed by atoms with Gasteiger partial charge in [0.05, 0.1) is 25.0 Å². The Morgan fingerprint density at radius 1 is 0.862 bits per heavy atom. The molecule has 0 saturated heterocycles. The van der Waals surface area contributed by atoms with E-state index in [1.54, 1.807) is 31.8 Å². The Labute approximate surface area is 168 Å². The zero-order valence-electron chi connectivity index (χ0n) is 15.9. The lowest BCUT2D eigenvalue weighted by Crippen LogP contribution is -2.26. The highest BCUT2D eigenvalue weighted by Gasteiger charge is 2.26. The number of hydrogen-bond acceptors (Lipinski definition) is 7. The molecule has 0 atom stereocenters. The van der Waals surface area contributed by atoms with Crippen LogP contribution in [0.2, 0.25) is 0 Å². The van der Waals surface area contributed by atoms with Crippen LogP contribution in [0.1, 0.15) is 17.2 Å². The van der Waals surface area contributed by atoms with Gasteiger partial charge in [0.15, 0.2) is 0 Å². The summed E-state index contributed by atoms with van der Waals surface area (Å²) in [7, 11) is 1.59. The zero-order chi connectivity index (χ0) is 20.1. The molecule has 2 N–H and O–H groups in total. The number of rotatable bonds is 6. The van der Waals surface area contributed by atoms with Gasteiger partial charge in [-0.05, 0) is 41.5 Å². The first-order chi connectivity index (χ1) is 14.3. The predicted octanol–water partition coefficient (Wildman–Crippen LogP) is 3.79. The first-order valence-corrected chi connectivity index (χ1v) is 9.08. The second-order valence-electron chi connectivity index (χ2n) is 6.32. The van der Waals surface area contributed by atoms with Gasteiger partial charge in [0.1, 0.15) is 11.6 Å². The van der Waals surface area contributed by atoms with Gasteiger partial charge in [-0.15, -0.1) is 0 Å². The molecule has 0 spiro atoms. The highest BCUT2D eigenvalue weighted by atomic mass is 16.5. The standard InChI is InChI=1S/C22H20N6O/c1-29-21-10-9-18(15-26-21)28(20-8-2-7-19(23)27-20)22(16-5-3-11-24-13-16)17-6-4-12-25-14-17/h2-15,22H,1H3,(H2,23,27). The molecule has 0 aliphatic heterocycles. The number of hydrogen-bond donors (Lipinski definition) is 1. The number of ether oxygens (including phenoxy) is 1. The van der Waals surface area contributed by atoms with Gasteiger partial charge >= 0.3 is 0 Å². The first-order valence-electron chi connectivity index (χ1n) is 9.08. The number of nitrogens with zero attached hydrogens (tertiary/aromatic N) is 5. The summed E-state index contributed by atoms with van der Waals surface area (Å²) in [6.45, 7) is 0. The van der Waals surface area contributed by atoms with Crippen LogP contribution in [0.3, 0.4) is 0 Å². The van der Waals surface area contributed by atoms with Crippen molar-refractivity contribution in [3.63, 3.8) is 0 Å². The van der Waals surface area contributed by atoms with E-state index in [0.29, 0.717) is 17.5 Å². The number of nitrogens with two attached hydrogens (primary N) is 1. The van der Waals surface area contributed by atoms with Gasteiger partial charge in [-0.1, -0.05) is 18.2 Å². The van der Waals surface area contributed by atoms with E-state index in [1.165, 1.54) is 0 Å². The van der Waals surface area contributed by atoms with Crippen molar-refractivity contribution in [1.82, 2.24) is 19.9 Å². The van der Waals surface area contributed by atoms with Gasteiger partial charge in [0, 0.05) is 30.9 Å². The van der Waals surface area contributed by atoms with E-state index in [1.807, 2.05) is 60.9 Å². The largest absolute Gasteiger partial charge is 0.481 e. The molecule has 0 aromatic carbocycles. The van der Waals surface area contributed by atoms with Crippen molar-refractivity contribution in [2.24, 2.45) is 0 Å². The molecule has 7 heteroatoms. The van der Waals surface area contributed by atoms with E-state index in [-0.39, 0.29) is 6.04 Å². The topological polar surface area (TPSA) is 90.1 Å². The summed E-state index contributed by atoms with van der Waals surface area (Å²) in [6, 6.07) is 17.0.